The fourth-order valence-corrected chi connectivity index (χ4v) is 3.10. The zero-order chi connectivity index (χ0) is 12.5. The second-order valence-electron chi connectivity index (χ2n) is 4.60. The molecule has 1 saturated heterocycles. The maximum Gasteiger partial charge on any atom is 0.180 e. The van der Waals surface area contributed by atoms with E-state index in [1.54, 1.807) is 0 Å². The summed E-state index contributed by atoms with van der Waals surface area (Å²) in [6.07, 6.45) is 2.30. The smallest absolute Gasteiger partial charge is 0.180 e. The number of nitrogens with two attached hydrogens (primary N) is 1. The summed E-state index contributed by atoms with van der Waals surface area (Å²) < 4.78 is 0. The first-order valence-corrected chi connectivity index (χ1v) is 7.03. The van der Waals surface area contributed by atoms with Gasteiger partial charge in [0.05, 0.1) is 11.7 Å². The van der Waals surface area contributed by atoms with Crippen molar-refractivity contribution in [1.29, 1.82) is 0 Å². The Bertz CT molecular complexity index is 551. The van der Waals surface area contributed by atoms with Crippen molar-refractivity contribution in [3.8, 4) is 0 Å². The van der Waals surface area contributed by atoms with Crippen molar-refractivity contribution in [2.45, 2.75) is 25.8 Å². The summed E-state index contributed by atoms with van der Waals surface area (Å²) in [6.45, 7) is 3.06. The normalized spacial score (nSPS) is 19.4. The van der Waals surface area contributed by atoms with Crippen LogP contribution in [0.25, 0.3) is 0 Å². The van der Waals surface area contributed by atoms with E-state index in [0.29, 0.717) is 11.2 Å². The van der Waals surface area contributed by atoms with Crippen LogP contribution < -0.4 is 10.6 Å². The molecule has 1 aliphatic heterocycles. The number of aryl methyl sites for hydroxylation is 1. The standard InChI is InChI=1S/C13H16N4S/c1-9-4-2-6-12(15-9)17-7-3-5-11(17)10-8-18-13(14)16-10/h2,4,6,8,11H,3,5,7H2,1H3,(H2,14,16). The zero-order valence-electron chi connectivity index (χ0n) is 10.3. The zero-order valence-corrected chi connectivity index (χ0v) is 11.2. The minimum Gasteiger partial charge on any atom is -0.375 e. The fraction of sp³-hybridized carbons (Fsp3) is 0.385. The van der Waals surface area contributed by atoms with Gasteiger partial charge < -0.3 is 10.6 Å². The molecule has 4 nitrogen and oxygen atoms in total. The number of hydrogen-bond acceptors (Lipinski definition) is 5. The SMILES string of the molecule is Cc1cccc(N2CCCC2c2csc(N)n2)n1. The Morgan fingerprint density at radius 3 is 3.00 bits per heavy atom. The molecule has 0 saturated carbocycles. The third kappa shape index (κ3) is 2.06. The van der Waals surface area contributed by atoms with Gasteiger partial charge in [-0.2, -0.15) is 0 Å². The molecule has 1 fully saturated rings. The van der Waals surface area contributed by atoms with Gasteiger partial charge in [-0.25, -0.2) is 9.97 Å². The molecule has 3 heterocycles. The molecule has 0 radical (unpaired) electrons. The molecule has 0 amide bonds. The Kier molecular flexibility index (Phi) is 2.91. The van der Waals surface area contributed by atoms with E-state index in [1.165, 1.54) is 17.8 Å². The van der Waals surface area contributed by atoms with Crippen LogP contribution in [-0.2, 0) is 0 Å². The predicted octanol–water partition coefficient (Wildman–Crippen LogP) is 2.77. The first kappa shape index (κ1) is 11.5. The van der Waals surface area contributed by atoms with E-state index in [4.69, 9.17) is 5.73 Å². The van der Waals surface area contributed by atoms with Gasteiger partial charge >= 0.3 is 0 Å². The van der Waals surface area contributed by atoms with Crippen molar-refractivity contribution < 1.29 is 0 Å². The lowest BCUT2D eigenvalue weighted by Gasteiger charge is -2.24. The predicted molar refractivity (Wildman–Crippen MR) is 74.8 cm³/mol. The minimum absolute atomic E-state index is 0.327. The van der Waals surface area contributed by atoms with Crippen molar-refractivity contribution >= 4 is 22.3 Å². The molecule has 0 bridgehead atoms. The largest absolute Gasteiger partial charge is 0.375 e. The molecule has 0 aliphatic carbocycles. The summed E-state index contributed by atoms with van der Waals surface area (Å²) in [7, 11) is 0. The molecule has 1 aliphatic rings. The summed E-state index contributed by atoms with van der Waals surface area (Å²) >= 11 is 1.51. The van der Waals surface area contributed by atoms with E-state index in [-0.39, 0.29) is 0 Å². The molecule has 2 aromatic heterocycles. The summed E-state index contributed by atoms with van der Waals surface area (Å²) in [4.78, 5) is 11.4. The highest BCUT2D eigenvalue weighted by Gasteiger charge is 2.28. The Labute approximate surface area is 110 Å². The number of nitrogen functional groups attached to an aromatic ring is 1. The molecular formula is C13H16N4S. The molecule has 3 rings (SSSR count). The Balaban J connectivity index is 1.92. The minimum atomic E-state index is 0.327. The number of aromatic nitrogens is 2. The third-order valence-corrected chi connectivity index (χ3v) is 3.99. The van der Waals surface area contributed by atoms with Crippen LogP contribution in [0.1, 0.15) is 30.3 Å². The lowest BCUT2D eigenvalue weighted by atomic mass is 10.1. The van der Waals surface area contributed by atoms with Crippen LogP contribution in [0.4, 0.5) is 10.9 Å². The second-order valence-corrected chi connectivity index (χ2v) is 5.49. The molecular weight excluding hydrogens is 244 g/mol. The van der Waals surface area contributed by atoms with E-state index >= 15 is 0 Å². The number of anilines is 2. The van der Waals surface area contributed by atoms with Crippen LogP contribution in [0, 0.1) is 6.92 Å². The van der Waals surface area contributed by atoms with Crippen molar-refractivity contribution in [3.63, 3.8) is 0 Å². The molecule has 0 spiro atoms. The van der Waals surface area contributed by atoms with Crippen LogP contribution in [0.3, 0.4) is 0 Å². The van der Waals surface area contributed by atoms with E-state index in [2.05, 4.69) is 32.4 Å². The van der Waals surface area contributed by atoms with Gasteiger partial charge in [0, 0.05) is 17.6 Å². The molecule has 1 atom stereocenters. The van der Waals surface area contributed by atoms with Gasteiger partial charge in [0.15, 0.2) is 5.13 Å². The Morgan fingerprint density at radius 2 is 2.28 bits per heavy atom. The van der Waals surface area contributed by atoms with E-state index in [9.17, 15) is 0 Å². The van der Waals surface area contributed by atoms with Gasteiger partial charge in [-0.05, 0) is 31.9 Å². The number of rotatable bonds is 2. The van der Waals surface area contributed by atoms with Gasteiger partial charge in [-0.1, -0.05) is 6.07 Å². The maximum absolute atomic E-state index is 5.73. The van der Waals surface area contributed by atoms with E-state index in [1.807, 2.05) is 13.0 Å². The first-order valence-electron chi connectivity index (χ1n) is 6.15. The lowest BCUT2D eigenvalue weighted by Crippen LogP contribution is -2.23. The highest BCUT2D eigenvalue weighted by molar-refractivity contribution is 7.13. The maximum atomic E-state index is 5.73. The highest BCUT2D eigenvalue weighted by Crippen LogP contribution is 2.35. The fourth-order valence-electron chi connectivity index (χ4n) is 2.49. The average molecular weight is 260 g/mol. The van der Waals surface area contributed by atoms with Crippen molar-refractivity contribution in [2.75, 3.05) is 17.2 Å². The van der Waals surface area contributed by atoms with Gasteiger partial charge in [-0.3, -0.25) is 0 Å². The molecule has 94 valence electrons. The second kappa shape index (κ2) is 4.57. The van der Waals surface area contributed by atoms with Crippen molar-refractivity contribution in [3.05, 3.63) is 35.0 Å². The Morgan fingerprint density at radius 1 is 1.39 bits per heavy atom. The number of nitrogens with zero attached hydrogens (tertiary/aromatic N) is 3. The summed E-state index contributed by atoms with van der Waals surface area (Å²) in [5.74, 6) is 1.05. The number of thiazole rings is 1. The van der Waals surface area contributed by atoms with Gasteiger partial charge in [0.2, 0.25) is 0 Å². The number of hydrogen-bond donors (Lipinski definition) is 1. The van der Waals surface area contributed by atoms with E-state index in [0.717, 1.165) is 30.2 Å². The summed E-state index contributed by atoms with van der Waals surface area (Å²) in [5.41, 5.74) is 7.86. The average Bonchev–Trinajstić information content (AvgIpc) is 2.96. The van der Waals surface area contributed by atoms with Crippen molar-refractivity contribution in [2.24, 2.45) is 0 Å². The van der Waals surface area contributed by atoms with Gasteiger partial charge in [0.1, 0.15) is 5.82 Å². The quantitative estimate of drug-likeness (QED) is 0.902. The van der Waals surface area contributed by atoms with Crippen LogP contribution in [0.5, 0.6) is 0 Å². The molecule has 2 aromatic rings. The lowest BCUT2D eigenvalue weighted by molar-refractivity contribution is 0.693. The van der Waals surface area contributed by atoms with Crippen LogP contribution in [0.2, 0.25) is 0 Å². The summed E-state index contributed by atoms with van der Waals surface area (Å²) in [6, 6.07) is 6.48. The topological polar surface area (TPSA) is 55.0 Å². The van der Waals surface area contributed by atoms with Gasteiger partial charge in [-0.15, -0.1) is 11.3 Å². The monoisotopic (exact) mass is 260 g/mol. The first-order chi connectivity index (χ1) is 8.74. The molecule has 2 N–H and O–H groups in total. The van der Waals surface area contributed by atoms with E-state index < -0.39 is 0 Å². The van der Waals surface area contributed by atoms with Crippen LogP contribution in [-0.4, -0.2) is 16.5 Å². The third-order valence-electron chi connectivity index (χ3n) is 3.30. The van der Waals surface area contributed by atoms with Crippen LogP contribution in [0.15, 0.2) is 23.6 Å². The van der Waals surface area contributed by atoms with Crippen molar-refractivity contribution in [1.82, 2.24) is 9.97 Å². The summed E-state index contributed by atoms with van der Waals surface area (Å²) in [5, 5.41) is 2.71. The Hall–Kier alpha value is -1.62. The molecule has 0 aromatic carbocycles. The molecule has 1 unspecified atom stereocenters. The molecule has 18 heavy (non-hydrogen) atoms. The van der Waals surface area contributed by atoms with Crippen LogP contribution >= 0.6 is 11.3 Å². The number of pyridine rings is 1. The molecule has 5 heteroatoms. The highest BCUT2D eigenvalue weighted by atomic mass is 32.1. The van der Waals surface area contributed by atoms with Gasteiger partial charge in [0.25, 0.3) is 0 Å².